The van der Waals surface area contributed by atoms with Crippen molar-refractivity contribution in [3.63, 3.8) is 0 Å². The molecule has 0 radical (unpaired) electrons. The Morgan fingerprint density at radius 3 is 3.00 bits per heavy atom. The quantitative estimate of drug-likeness (QED) is 0.880. The van der Waals surface area contributed by atoms with Gasteiger partial charge in [-0.15, -0.1) is 5.10 Å². The Bertz CT molecular complexity index is 619. The highest BCUT2D eigenvalue weighted by molar-refractivity contribution is 5.67. The molecule has 0 bridgehead atoms. The summed E-state index contributed by atoms with van der Waals surface area (Å²) in [6.45, 7) is 5.27. The van der Waals surface area contributed by atoms with E-state index < -0.39 is 0 Å². The second-order valence-electron chi connectivity index (χ2n) is 6.34. The number of anilines is 1. The van der Waals surface area contributed by atoms with E-state index in [9.17, 15) is 0 Å². The number of tetrazole rings is 1. The molecule has 1 aromatic heterocycles. The van der Waals surface area contributed by atoms with Crippen molar-refractivity contribution in [2.75, 3.05) is 5.73 Å². The lowest BCUT2D eigenvalue weighted by Crippen LogP contribution is -2.20. The fraction of sp³-hybridized carbons (Fsp3) is 0.562. The molecule has 3 rings (SSSR count). The number of hydrogen-bond acceptors (Lipinski definition) is 4. The van der Waals surface area contributed by atoms with Gasteiger partial charge in [0.05, 0.1) is 0 Å². The SMILES string of the molecule is Cc1c(N)cccc1-c1nnnn1CC1CCCC(C)C1. The van der Waals surface area contributed by atoms with E-state index >= 15 is 0 Å². The van der Waals surface area contributed by atoms with Crippen LogP contribution < -0.4 is 5.73 Å². The zero-order valence-electron chi connectivity index (χ0n) is 12.8. The molecule has 2 atom stereocenters. The van der Waals surface area contributed by atoms with Gasteiger partial charge in [0.15, 0.2) is 5.82 Å². The summed E-state index contributed by atoms with van der Waals surface area (Å²) in [7, 11) is 0. The first-order valence-electron chi connectivity index (χ1n) is 7.76. The molecule has 0 spiro atoms. The monoisotopic (exact) mass is 285 g/mol. The van der Waals surface area contributed by atoms with Crippen LogP contribution in [-0.2, 0) is 6.54 Å². The van der Waals surface area contributed by atoms with E-state index in [1.165, 1.54) is 25.7 Å². The predicted octanol–water partition coefficient (Wildman–Crippen LogP) is 3.06. The highest BCUT2D eigenvalue weighted by Gasteiger charge is 2.21. The molecule has 0 amide bonds. The van der Waals surface area contributed by atoms with Crippen molar-refractivity contribution in [2.45, 2.75) is 46.1 Å². The van der Waals surface area contributed by atoms with Crippen LogP contribution in [0.2, 0.25) is 0 Å². The van der Waals surface area contributed by atoms with Crippen LogP contribution in [0.4, 0.5) is 5.69 Å². The second-order valence-corrected chi connectivity index (χ2v) is 6.34. The van der Waals surface area contributed by atoms with Gasteiger partial charge in [-0.2, -0.15) is 0 Å². The van der Waals surface area contributed by atoms with Gasteiger partial charge in [-0.1, -0.05) is 31.9 Å². The van der Waals surface area contributed by atoms with E-state index in [0.717, 1.165) is 35.1 Å². The normalized spacial score (nSPS) is 22.4. The number of nitrogens with two attached hydrogens (primary N) is 1. The zero-order valence-corrected chi connectivity index (χ0v) is 12.8. The molecule has 1 fully saturated rings. The fourth-order valence-electron chi connectivity index (χ4n) is 3.39. The highest BCUT2D eigenvalue weighted by atomic mass is 15.5. The van der Waals surface area contributed by atoms with Crippen molar-refractivity contribution >= 4 is 5.69 Å². The maximum Gasteiger partial charge on any atom is 0.182 e. The molecule has 1 aliphatic rings. The second kappa shape index (κ2) is 5.84. The van der Waals surface area contributed by atoms with Crippen LogP contribution in [0.25, 0.3) is 11.4 Å². The van der Waals surface area contributed by atoms with E-state index in [0.29, 0.717) is 5.92 Å². The van der Waals surface area contributed by atoms with Crippen LogP contribution in [0.15, 0.2) is 18.2 Å². The number of rotatable bonds is 3. The van der Waals surface area contributed by atoms with Gasteiger partial charge in [0.25, 0.3) is 0 Å². The topological polar surface area (TPSA) is 69.6 Å². The molecule has 5 heteroatoms. The Hall–Kier alpha value is -1.91. The number of nitrogens with zero attached hydrogens (tertiary/aromatic N) is 4. The average Bonchev–Trinajstić information content (AvgIpc) is 2.90. The van der Waals surface area contributed by atoms with E-state index in [-0.39, 0.29) is 0 Å². The lowest BCUT2D eigenvalue weighted by Gasteiger charge is -2.26. The summed E-state index contributed by atoms with van der Waals surface area (Å²) < 4.78 is 1.95. The van der Waals surface area contributed by atoms with Gasteiger partial charge in [-0.3, -0.25) is 0 Å². The number of nitrogen functional groups attached to an aromatic ring is 1. The molecule has 0 saturated heterocycles. The summed E-state index contributed by atoms with van der Waals surface area (Å²) in [5.41, 5.74) is 8.87. The van der Waals surface area contributed by atoms with Crippen molar-refractivity contribution in [3.05, 3.63) is 23.8 Å². The van der Waals surface area contributed by atoms with Crippen LogP contribution in [0.3, 0.4) is 0 Å². The summed E-state index contributed by atoms with van der Waals surface area (Å²) in [5, 5.41) is 12.3. The number of hydrogen-bond donors (Lipinski definition) is 1. The van der Waals surface area contributed by atoms with Crippen LogP contribution >= 0.6 is 0 Å². The first-order chi connectivity index (χ1) is 10.1. The summed E-state index contributed by atoms with van der Waals surface area (Å²) in [4.78, 5) is 0. The lowest BCUT2D eigenvalue weighted by atomic mass is 9.82. The van der Waals surface area contributed by atoms with Crippen LogP contribution in [0, 0.1) is 18.8 Å². The molecule has 2 unspecified atom stereocenters. The molecular weight excluding hydrogens is 262 g/mol. The van der Waals surface area contributed by atoms with E-state index in [1.54, 1.807) is 0 Å². The van der Waals surface area contributed by atoms with Crippen LogP contribution in [0.5, 0.6) is 0 Å². The lowest BCUT2D eigenvalue weighted by molar-refractivity contribution is 0.249. The van der Waals surface area contributed by atoms with Crippen molar-refractivity contribution < 1.29 is 0 Å². The van der Waals surface area contributed by atoms with Crippen molar-refractivity contribution in [2.24, 2.45) is 11.8 Å². The summed E-state index contributed by atoms with van der Waals surface area (Å²) in [6.07, 6.45) is 5.22. The first-order valence-corrected chi connectivity index (χ1v) is 7.76. The van der Waals surface area contributed by atoms with Gasteiger partial charge < -0.3 is 5.73 Å². The summed E-state index contributed by atoms with van der Waals surface area (Å²) in [6, 6.07) is 5.91. The van der Waals surface area contributed by atoms with E-state index in [2.05, 4.69) is 22.4 Å². The van der Waals surface area contributed by atoms with Crippen LogP contribution in [0.1, 0.15) is 38.2 Å². The Morgan fingerprint density at radius 1 is 1.33 bits per heavy atom. The third-order valence-corrected chi connectivity index (χ3v) is 4.62. The third-order valence-electron chi connectivity index (χ3n) is 4.62. The maximum absolute atomic E-state index is 6.00. The van der Waals surface area contributed by atoms with Crippen molar-refractivity contribution in [3.8, 4) is 11.4 Å². The van der Waals surface area contributed by atoms with Crippen molar-refractivity contribution in [1.29, 1.82) is 0 Å². The Morgan fingerprint density at radius 2 is 2.19 bits per heavy atom. The largest absolute Gasteiger partial charge is 0.398 e. The van der Waals surface area contributed by atoms with Gasteiger partial charge in [0.2, 0.25) is 0 Å². The molecule has 1 heterocycles. The van der Waals surface area contributed by atoms with Gasteiger partial charge in [0.1, 0.15) is 0 Å². The molecule has 1 saturated carbocycles. The number of aromatic nitrogens is 4. The minimum absolute atomic E-state index is 0.678. The number of benzene rings is 1. The summed E-state index contributed by atoms with van der Waals surface area (Å²) >= 11 is 0. The smallest absolute Gasteiger partial charge is 0.182 e. The fourth-order valence-corrected chi connectivity index (χ4v) is 3.39. The summed E-state index contributed by atoms with van der Waals surface area (Å²) in [5.74, 6) is 2.33. The maximum atomic E-state index is 6.00. The Kier molecular flexibility index (Phi) is 3.90. The van der Waals surface area contributed by atoms with Gasteiger partial charge in [-0.25, -0.2) is 4.68 Å². The third kappa shape index (κ3) is 2.91. The molecule has 112 valence electrons. The average molecular weight is 285 g/mol. The Balaban J connectivity index is 1.85. The van der Waals surface area contributed by atoms with Gasteiger partial charge in [0, 0.05) is 17.8 Å². The molecule has 21 heavy (non-hydrogen) atoms. The molecule has 0 aliphatic heterocycles. The van der Waals surface area contributed by atoms with E-state index in [4.69, 9.17) is 5.73 Å². The minimum atomic E-state index is 0.678. The molecule has 2 aromatic rings. The van der Waals surface area contributed by atoms with Gasteiger partial charge >= 0.3 is 0 Å². The molecule has 5 nitrogen and oxygen atoms in total. The minimum Gasteiger partial charge on any atom is -0.398 e. The van der Waals surface area contributed by atoms with Crippen LogP contribution in [-0.4, -0.2) is 20.2 Å². The highest BCUT2D eigenvalue weighted by Crippen LogP contribution is 2.31. The zero-order chi connectivity index (χ0) is 14.8. The van der Waals surface area contributed by atoms with E-state index in [1.807, 2.05) is 29.8 Å². The van der Waals surface area contributed by atoms with Gasteiger partial charge in [-0.05, 0) is 53.7 Å². The van der Waals surface area contributed by atoms with Crippen molar-refractivity contribution in [1.82, 2.24) is 20.2 Å². The first kappa shape index (κ1) is 14.0. The molecule has 1 aromatic carbocycles. The Labute approximate surface area is 125 Å². The predicted molar refractivity (Wildman–Crippen MR) is 83.5 cm³/mol. The molecule has 1 aliphatic carbocycles. The molecule has 2 N–H and O–H groups in total. The molecular formula is C16H23N5. The standard InChI is InChI=1S/C16H23N5/c1-11-5-3-6-13(9-11)10-21-16(18-19-20-21)14-7-4-8-15(17)12(14)2/h4,7-8,11,13H,3,5-6,9-10,17H2,1-2H3.